The molecule has 1 atom stereocenters. The fraction of sp³-hybridized carbons (Fsp3) is 0.0182. The highest BCUT2D eigenvalue weighted by atomic mass is 16.3. The van der Waals surface area contributed by atoms with Gasteiger partial charge < -0.3 is 14.7 Å². The first kappa shape index (κ1) is 35.9. The Morgan fingerprint density at radius 3 is 1.69 bits per heavy atom. The maximum absolute atomic E-state index is 6.50. The third kappa shape index (κ3) is 6.96. The van der Waals surface area contributed by atoms with Gasteiger partial charge >= 0.3 is 0 Å². The molecule has 0 fully saturated rings. The quantitative estimate of drug-likeness (QED) is 0.154. The van der Waals surface area contributed by atoms with Gasteiger partial charge in [0.2, 0.25) is 0 Å². The molecule has 8 aromatic carbocycles. The normalized spacial score (nSPS) is 13.7. The molecule has 3 heterocycles. The summed E-state index contributed by atoms with van der Waals surface area (Å²) in [6.45, 7) is 0. The van der Waals surface area contributed by atoms with E-state index < -0.39 is 6.17 Å². The minimum Gasteiger partial charge on any atom is -0.456 e. The summed E-state index contributed by atoms with van der Waals surface area (Å²) in [5, 5.41) is 7.24. The Morgan fingerprint density at radius 2 is 0.984 bits per heavy atom. The molecule has 288 valence electrons. The standard InChI is InChI=1S/C55H36N5O/c1-5-17-36(18-6-1)46-35-47(37-19-7-2-8-20-37)57-54(56-46)42-27-15-25-40(33-42)44-31-32-49-51(45-29-13-14-30-48(45)61-49)50(44)41-26-16-28-43(34-41)55-59-52(38-21-9-3-10-22-38)58-53(60-55)39-23-11-4-12-24-39/h1-35,52H/q-1. The summed E-state index contributed by atoms with van der Waals surface area (Å²) in [5.41, 5.74) is 13.4. The summed E-state index contributed by atoms with van der Waals surface area (Å²) >= 11 is 0. The average molecular weight is 783 g/mol. The number of fused-ring (bicyclic) bond motifs is 3. The van der Waals surface area contributed by atoms with Crippen molar-refractivity contribution in [3.8, 4) is 56.2 Å². The van der Waals surface area contributed by atoms with Gasteiger partial charge in [0.15, 0.2) is 5.82 Å². The first-order valence-corrected chi connectivity index (χ1v) is 20.4. The van der Waals surface area contributed by atoms with E-state index in [1.165, 1.54) is 0 Å². The Morgan fingerprint density at radius 1 is 0.426 bits per heavy atom. The van der Waals surface area contributed by atoms with Crippen molar-refractivity contribution < 1.29 is 4.42 Å². The number of rotatable bonds is 8. The predicted molar refractivity (Wildman–Crippen MR) is 249 cm³/mol. The van der Waals surface area contributed by atoms with Crippen molar-refractivity contribution in [3.05, 3.63) is 234 Å². The fourth-order valence-corrected chi connectivity index (χ4v) is 8.14. The summed E-state index contributed by atoms with van der Waals surface area (Å²) in [6, 6.07) is 72.5. The van der Waals surface area contributed by atoms with Gasteiger partial charge in [0.1, 0.15) is 11.2 Å². The molecule has 1 aliphatic rings. The number of amidine groups is 2. The molecule has 1 aliphatic heterocycles. The van der Waals surface area contributed by atoms with Crippen molar-refractivity contribution in [1.82, 2.24) is 9.97 Å². The van der Waals surface area contributed by atoms with Crippen LogP contribution in [0.25, 0.3) is 83.4 Å². The van der Waals surface area contributed by atoms with Gasteiger partial charge in [0, 0.05) is 33.0 Å². The molecule has 0 bridgehead atoms. The van der Waals surface area contributed by atoms with E-state index in [4.69, 9.17) is 29.7 Å². The summed E-state index contributed by atoms with van der Waals surface area (Å²) in [4.78, 5) is 20.4. The van der Waals surface area contributed by atoms with E-state index in [2.05, 4.69) is 115 Å². The second-order valence-electron chi connectivity index (χ2n) is 15.0. The zero-order valence-electron chi connectivity index (χ0n) is 32.9. The maximum Gasteiger partial charge on any atom is 0.160 e. The predicted octanol–water partition coefficient (Wildman–Crippen LogP) is 14.0. The maximum atomic E-state index is 6.50. The van der Waals surface area contributed by atoms with Gasteiger partial charge in [0.05, 0.1) is 23.4 Å². The summed E-state index contributed by atoms with van der Waals surface area (Å²) in [7, 11) is 0. The van der Waals surface area contributed by atoms with E-state index in [0.29, 0.717) is 17.5 Å². The number of hydrogen-bond donors (Lipinski definition) is 0. The lowest BCUT2D eigenvalue weighted by Gasteiger charge is -2.32. The van der Waals surface area contributed by atoms with E-state index in [1.54, 1.807) is 0 Å². The summed E-state index contributed by atoms with van der Waals surface area (Å²) in [5.74, 6) is 1.93. The van der Waals surface area contributed by atoms with Crippen molar-refractivity contribution in [2.24, 2.45) is 9.98 Å². The lowest BCUT2D eigenvalue weighted by Crippen LogP contribution is -2.15. The molecule has 11 rings (SSSR count). The smallest absolute Gasteiger partial charge is 0.160 e. The van der Waals surface area contributed by atoms with E-state index in [-0.39, 0.29) is 0 Å². The molecule has 0 spiro atoms. The van der Waals surface area contributed by atoms with E-state index >= 15 is 0 Å². The van der Waals surface area contributed by atoms with Crippen LogP contribution in [0.1, 0.15) is 22.9 Å². The molecule has 6 heteroatoms. The van der Waals surface area contributed by atoms with Gasteiger partial charge in [0.25, 0.3) is 0 Å². The van der Waals surface area contributed by atoms with E-state index in [1.807, 2.05) is 97.1 Å². The highest BCUT2D eigenvalue weighted by Crippen LogP contribution is 2.44. The molecule has 0 saturated heterocycles. The number of furan rings is 1. The van der Waals surface area contributed by atoms with E-state index in [9.17, 15) is 0 Å². The molecule has 0 amide bonds. The number of aliphatic imine (C=N–C) groups is 2. The third-order valence-electron chi connectivity index (χ3n) is 11.1. The van der Waals surface area contributed by atoms with Crippen LogP contribution >= 0.6 is 0 Å². The van der Waals surface area contributed by atoms with Crippen molar-refractivity contribution >= 4 is 33.6 Å². The second kappa shape index (κ2) is 15.5. The van der Waals surface area contributed by atoms with Gasteiger partial charge in [-0.25, -0.2) is 9.97 Å². The number of hydrogen-bond acceptors (Lipinski definition) is 5. The van der Waals surface area contributed by atoms with Crippen molar-refractivity contribution in [3.63, 3.8) is 0 Å². The van der Waals surface area contributed by atoms with Crippen LogP contribution in [0.2, 0.25) is 0 Å². The van der Waals surface area contributed by atoms with Crippen LogP contribution < -0.4 is 0 Å². The Bertz CT molecular complexity index is 3210. The molecular formula is C55H36N5O-. The highest BCUT2D eigenvalue weighted by Gasteiger charge is 2.20. The Kier molecular flexibility index (Phi) is 9.13. The summed E-state index contributed by atoms with van der Waals surface area (Å²) in [6.07, 6.45) is -0.433. The molecule has 0 radical (unpaired) electrons. The van der Waals surface area contributed by atoms with Crippen molar-refractivity contribution in [1.29, 1.82) is 0 Å². The minimum absolute atomic E-state index is 0.433. The van der Waals surface area contributed by atoms with Crippen LogP contribution in [0.4, 0.5) is 0 Å². The molecule has 61 heavy (non-hydrogen) atoms. The number of aromatic nitrogens is 2. The van der Waals surface area contributed by atoms with Crippen LogP contribution in [-0.2, 0) is 0 Å². The fourth-order valence-electron chi connectivity index (χ4n) is 8.14. The zero-order valence-corrected chi connectivity index (χ0v) is 32.9. The van der Waals surface area contributed by atoms with E-state index in [0.717, 1.165) is 89.0 Å². The molecule has 6 nitrogen and oxygen atoms in total. The molecule has 0 saturated carbocycles. The molecule has 1 unspecified atom stereocenters. The first-order chi connectivity index (χ1) is 30.2. The topological polar surface area (TPSA) is 77.7 Å². The third-order valence-corrected chi connectivity index (χ3v) is 11.1. The SMILES string of the molecule is c1ccc(C2=NC(c3ccccc3)[N-]C(c3cccc(-c4c(-c5cccc(-c6nc(-c7ccccc7)cc(-c7ccccc7)n6)c5)ccc5oc6ccccc6c45)c3)=N2)cc1. The highest BCUT2D eigenvalue weighted by molar-refractivity contribution is 6.20. The molecular weight excluding hydrogens is 747 g/mol. The Labute approximate surface area is 353 Å². The van der Waals surface area contributed by atoms with Crippen molar-refractivity contribution in [2.75, 3.05) is 0 Å². The van der Waals surface area contributed by atoms with Crippen LogP contribution in [0.15, 0.2) is 227 Å². The van der Waals surface area contributed by atoms with Crippen LogP contribution in [0.3, 0.4) is 0 Å². The largest absolute Gasteiger partial charge is 0.456 e. The van der Waals surface area contributed by atoms with Crippen molar-refractivity contribution in [2.45, 2.75) is 6.17 Å². The second-order valence-corrected chi connectivity index (χ2v) is 15.0. The number of benzene rings is 8. The Hall–Kier alpha value is -8.22. The van der Waals surface area contributed by atoms with Crippen LogP contribution in [0.5, 0.6) is 0 Å². The zero-order chi connectivity index (χ0) is 40.5. The monoisotopic (exact) mass is 782 g/mol. The molecule has 0 aliphatic carbocycles. The van der Waals surface area contributed by atoms with Crippen LogP contribution in [0, 0.1) is 0 Å². The number of para-hydroxylation sites is 1. The first-order valence-electron chi connectivity index (χ1n) is 20.4. The average Bonchev–Trinajstić information content (AvgIpc) is 3.73. The summed E-state index contributed by atoms with van der Waals surface area (Å²) < 4.78 is 6.50. The lowest BCUT2D eigenvalue weighted by atomic mass is 9.89. The molecule has 10 aromatic rings. The number of nitrogens with zero attached hydrogens (tertiary/aromatic N) is 5. The minimum atomic E-state index is -0.433. The van der Waals surface area contributed by atoms with Gasteiger partial charge in [-0.1, -0.05) is 188 Å². The Balaban J connectivity index is 1.07. The van der Waals surface area contributed by atoms with Gasteiger partial charge in [-0.05, 0) is 63.7 Å². The van der Waals surface area contributed by atoms with Gasteiger partial charge in [-0.3, -0.25) is 4.99 Å². The van der Waals surface area contributed by atoms with Gasteiger partial charge in [-0.2, -0.15) is 0 Å². The van der Waals surface area contributed by atoms with Gasteiger partial charge in [-0.15, -0.1) is 0 Å². The van der Waals surface area contributed by atoms with Crippen LogP contribution in [-0.4, -0.2) is 21.6 Å². The lowest BCUT2D eigenvalue weighted by molar-refractivity contribution is 0.669. The molecule has 2 aromatic heterocycles. The molecule has 0 N–H and O–H groups in total.